The van der Waals surface area contributed by atoms with Crippen molar-refractivity contribution in [3.8, 4) is 11.8 Å². The number of halogens is 1. The fourth-order valence-corrected chi connectivity index (χ4v) is 2.61. The number of aliphatic hydroxyl groups is 1. The summed E-state index contributed by atoms with van der Waals surface area (Å²) in [7, 11) is 3.34. The van der Waals surface area contributed by atoms with Crippen LogP contribution >= 0.6 is 0 Å². The summed E-state index contributed by atoms with van der Waals surface area (Å²) in [5, 5.41) is 8.71. The lowest BCUT2D eigenvalue weighted by Gasteiger charge is -2.15. The fourth-order valence-electron chi connectivity index (χ4n) is 2.61. The predicted octanol–water partition coefficient (Wildman–Crippen LogP) is 1.02. The fraction of sp³-hybridized carbons (Fsp3) is 0.500. The molecule has 0 aromatic heterocycles. The SMILES string of the molecule is COC1CN(Cc2cc(F)cc(C#CCO)c2)CC1OC. The van der Waals surface area contributed by atoms with Crippen LogP contribution in [0.15, 0.2) is 18.2 Å². The van der Waals surface area contributed by atoms with Gasteiger partial charge in [-0.15, -0.1) is 0 Å². The minimum atomic E-state index is -0.319. The molecule has 2 rings (SSSR count). The normalized spacial score (nSPS) is 22.1. The van der Waals surface area contributed by atoms with Gasteiger partial charge < -0.3 is 14.6 Å². The number of benzene rings is 1. The number of hydrogen-bond acceptors (Lipinski definition) is 4. The highest BCUT2D eigenvalue weighted by Gasteiger charge is 2.32. The van der Waals surface area contributed by atoms with E-state index in [-0.39, 0.29) is 24.6 Å². The van der Waals surface area contributed by atoms with Gasteiger partial charge in [0.25, 0.3) is 0 Å². The van der Waals surface area contributed by atoms with E-state index in [1.54, 1.807) is 14.2 Å². The van der Waals surface area contributed by atoms with E-state index in [9.17, 15) is 4.39 Å². The van der Waals surface area contributed by atoms with Gasteiger partial charge in [0.2, 0.25) is 0 Å². The number of rotatable bonds is 4. The number of nitrogens with zero attached hydrogens (tertiary/aromatic N) is 1. The number of likely N-dealkylation sites (tertiary alicyclic amines) is 1. The van der Waals surface area contributed by atoms with E-state index in [1.165, 1.54) is 12.1 Å². The molecule has 0 amide bonds. The molecule has 2 atom stereocenters. The van der Waals surface area contributed by atoms with Crippen molar-refractivity contribution in [1.82, 2.24) is 4.90 Å². The number of hydrogen-bond donors (Lipinski definition) is 1. The monoisotopic (exact) mass is 293 g/mol. The van der Waals surface area contributed by atoms with Gasteiger partial charge >= 0.3 is 0 Å². The van der Waals surface area contributed by atoms with E-state index in [0.717, 1.165) is 18.7 Å². The molecule has 1 heterocycles. The molecule has 5 heteroatoms. The first-order chi connectivity index (χ1) is 10.2. The van der Waals surface area contributed by atoms with Crippen molar-refractivity contribution in [1.29, 1.82) is 0 Å². The lowest BCUT2D eigenvalue weighted by Crippen LogP contribution is -2.27. The van der Waals surface area contributed by atoms with Gasteiger partial charge in [-0.25, -0.2) is 4.39 Å². The molecule has 0 saturated carbocycles. The van der Waals surface area contributed by atoms with E-state index in [2.05, 4.69) is 16.7 Å². The molecule has 21 heavy (non-hydrogen) atoms. The molecule has 1 aliphatic heterocycles. The van der Waals surface area contributed by atoms with Gasteiger partial charge in [0, 0.05) is 39.4 Å². The summed E-state index contributed by atoms with van der Waals surface area (Å²) in [6, 6.07) is 4.71. The summed E-state index contributed by atoms with van der Waals surface area (Å²) in [5.74, 6) is 4.94. The largest absolute Gasteiger partial charge is 0.384 e. The van der Waals surface area contributed by atoms with Gasteiger partial charge in [0.05, 0.1) is 12.2 Å². The molecule has 2 unspecified atom stereocenters. The number of aliphatic hydroxyl groups excluding tert-OH is 1. The number of methoxy groups -OCH3 is 2. The maximum atomic E-state index is 13.6. The first-order valence-corrected chi connectivity index (χ1v) is 6.83. The van der Waals surface area contributed by atoms with Crippen molar-refractivity contribution in [3.63, 3.8) is 0 Å². The summed E-state index contributed by atoms with van der Waals surface area (Å²) in [4.78, 5) is 2.17. The highest BCUT2D eigenvalue weighted by Crippen LogP contribution is 2.19. The smallest absolute Gasteiger partial charge is 0.124 e. The van der Waals surface area contributed by atoms with Crippen LogP contribution in [0.4, 0.5) is 4.39 Å². The van der Waals surface area contributed by atoms with E-state index < -0.39 is 0 Å². The Morgan fingerprint density at radius 2 is 1.90 bits per heavy atom. The van der Waals surface area contributed by atoms with Crippen molar-refractivity contribution >= 4 is 0 Å². The van der Waals surface area contributed by atoms with Crippen LogP contribution in [0.25, 0.3) is 0 Å². The van der Waals surface area contributed by atoms with Crippen molar-refractivity contribution in [2.45, 2.75) is 18.8 Å². The second-order valence-electron chi connectivity index (χ2n) is 5.05. The minimum Gasteiger partial charge on any atom is -0.384 e. The third kappa shape index (κ3) is 4.26. The Morgan fingerprint density at radius 3 is 2.48 bits per heavy atom. The van der Waals surface area contributed by atoms with Gasteiger partial charge in [0.1, 0.15) is 12.4 Å². The Balaban J connectivity index is 2.08. The van der Waals surface area contributed by atoms with Gasteiger partial charge in [-0.2, -0.15) is 0 Å². The third-order valence-corrected chi connectivity index (χ3v) is 3.57. The molecule has 1 aromatic rings. The first-order valence-electron chi connectivity index (χ1n) is 6.83. The molecular formula is C16H20FNO3. The average Bonchev–Trinajstić information content (AvgIpc) is 2.86. The van der Waals surface area contributed by atoms with Crippen LogP contribution in [0.1, 0.15) is 11.1 Å². The van der Waals surface area contributed by atoms with Crippen molar-refractivity contribution < 1.29 is 19.0 Å². The van der Waals surface area contributed by atoms with Crippen molar-refractivity contribution in [2.24, 2.45) is 0 Å². The molecule has 0 radical (unpaired) electrons. The standard InChI is InChI=1S/C16H20FNO3/c1-20-15-10-18(11-16(15)21-2)9-13-6-12(4-3-5-19)7-14(17)8-13/h6-8,15-16,19H,5,9-11H2,1-2H3. The average molecular weight is 293 g/mol. The zero-order valence-corrected chi connectivity index (χ0v) is 12.3. The summed E-state index contributed by atoms with van der Waals surface area (Å²) >= 11 is 0. The van der Waals surface area contributed by atoms with E-state index in [4.69, 9.17) is 14.6 Å². The van der Waals surface area contributed by atoms with Crippen LogP contribution in [-0.4, -0.2) is 56.1 Å². The van der Waals surface area contributed by atoms with Gasteiger partial charge in [0.15, 0.2) is 0 Å². The van der Waals surface area contributed by atoms with Gasteiger partial charge in [-0.1, -0.05) is 11.8 Å². The molecule has 4 nitrogen and oxygen atoms in total. The number of ether oxygens (including phenoxy) is 2. The Kier molecular flexibility index (Phi) is 5.71. The minimum absolute atomic E-state index is 0.0391. The summed E-state index contributed by atoms with van der Waals surface area (Å²) < 4.78 is 24.4. The molecule has 0 spiro atoms. The summed E-state index contributed by atoms with van der Waals surface area (Å²) in [6.45, 7) is 1.89. The topological polar surface area (TPSA) is 41.9 Å². The van der Waals surface area contributed by atoms with Gasteiger partial charge in [-0.05, 0) is 23.8 Å². The second-order valence-corrected chi connectivity index (χ2v) is 5.05. The van der Waals surface area contributed by atoms with Gasteiger partial charge in [-0.3, -0.25) is 4.90 Å². The van der Waals surface area contributed by atoms with Crippen LogP contribution in [0.2, 0.25) is 0 Å². The van der Waals surface area contributed by atoms with E-state index >= 15 is 0 Å². The third-order valence-electron chi connectivity index (χ3n) is 3.57. The van der Waals surface area contributed by atoms with Crippen molar-refractivity contribution in [3.05, 3.63) is 35.1 Å². The Bertz CT molecular complexity index is 526. The molecule has 1 fully saturated rings. The van der Waals surface area contributed by atoms with Crippen LogP contribution < -0.4 is 0 Å². The van der Waals surface area contributed by atoms with Crippen LogP contribution in [-0.2, 0) is 16.0 Å². The predicted molar refractivity (Wildman–Crippen MR) is 77.2 cm³/mol. The van der Waals surface area contributed by atoms with Crippen LogP contribution in [0, 0.1) is 17.7 Å². The molecule has 1 aromatic carbocycles. The lowest BCUT2D eigenvalue weighted by molar-refractivity contribution is -0.00461. The lowest BCUT2D eigenvalue weighted by atomic mass is 10.1. The molecule has 114 valence electrons. The van der Waals surface area contributed by atoms with E-state index in [1.807, 2.05) is 6.07 Å². The first kappa shape index (κ1) is 15.9. The maximum absolute atomic E-state index is 13.6. The highest BCUT2D eigenvalue weighted by atomic mass is 19.1. The molecular weight excluding hydrogens is 273 g/mol. The van der Waals surface area contributed by atoms with Crippen molar-refractivity contribution in [2.75, 3.05) is 33.9 Å². The Labute approximate surface area is 124 Å². The Morgan fingerprint density at radius 1 is 1.24 bits per heavy atom. The van der Waals surface area contributed by atoms with Crippen LogP contribution in [0.3, 0.4) is 0 Å². The molecule has 1 N–H and O–H groups in total. The zero-order chi connectivity index (χ0) is 15.2. The molecule has 0 bridgehead atoms. The summed E-state index contributed by atoms with van der Waals surface area (Å²) in [6.07, 6.45) is 0.0782. The Hall–Kier alpha value is -1.45. The summed E-state index contributed by atoms with van der Waals surface area (Å²) in [5.41, 5.74) is 1.42. The van der Waals surface area contributed by atoms with E-state index in [0.29, 0.717) is 12.1 Å². The van der Waals surface area contributed by atoms with Crippen LogP contribution in [0.5, 0.6) is 0 Å². The zero-order valence-electron chi connectivity index (χ0n) is 12.3. The second kappa shape index (κ2) is 7.53. The molecule has 1 saturated heterocycles. The quantitative estimate of drug-likeness (QED) is 0.842. The maximum Gasteiger partial charge on any atom is 0.124 e. The molecule has 1 aliphatic rings. The molecule has 0 aliphatic carbocycles. The highest BCUT2D eigenvalue weighted by molar-refractivity contribution is 5.37.